The molecule has 1 amide bonds. The van der Waals surface area contributed by atoms with Crippen molar-refractivity contribution in [1.29, 1.82) is 0 Å². The molecule has 0 bridgehead atoms. The molecule has 3 N–H and O–H groups in total. The number of carbonyl (C=O) groups excluding carboxylic acids is 1. The minimum Gasteiger partial charge on any atom is -0.396 e. The Hall–Kier alpha value is -0.610. The van der Waals surface area contributed by atoms with Gasteiger partial charge in [-0.25, -0.2) is 0 Å². The Morgan fingerprint density at radius 2 is 2.00 bits per heavy atom. The molecule has 1 saturated heterocycles. The van der Waals surface area contributed by atoms with Gasteiger partial charge in [0.15, 0.2) is 0 Å². The van der Waals surface area contributed by atoms with Crippen LogP contribution in [-0.4, -0.2) is 36.8 Å². The molecule has 0 aromatic heterocycles. The molecule has 104 valence electrons. The molecule has 1 aliphatic carbocycles. The fourth-order valence-corrected chi connectivity index (χ4v) is 3.32. The molecule has 1 aliphatic heterocycles. The fourth-order valence-electron chi connectivity index (χ4n) is 3.32. The van der Waals surface area contributed by atoms with Crippen molar-refractivity contribution in [1.82, 2.24) is 10.6 Å². The van der Waals surface area contributed by atoms with E-state index in [1.54, 1.807) is 0 Å². The number of amides is 1. The van der Waals surface area contributed by atoms with E-state index in [-0.39, 0.29) is 18.6 Å². The van der Waals surface area contributed by atoms with E-state index in [1.807, 2.05) is 0 Å². The smallest absolute Gasteiger partial charge is 0.237 e. The van der Waals surface area contributed by atoms with Gasteiger partial charge in [-0.2, -0.15) is 0 Å². The maximum absolute atomic E-state index is 12.1. The highest BCUT2D eigenvalue weighted by Crippen LogP contribution is 2.29. The molecule has 4 atom stereocenters. The number of hydrogen-bond donors (Lipinski definition) is 3. The van der Waals surface area contributed by atoms with Crippen molar-refractivity contribution in [3.8, 4) is 0 Å². The molecule has 2 rings (SSSR count). The zero-order chi connectivity index (χ0) is 13.0. The summed E-state index contributed by atoms with van der Waals surface area (Å²) in [5.74, 6) is 1.42. The Kier molecular flexibility index (Phi) is 5.01. The summed E-state index contributed by atoms with van der Waals surface area (Å²) < 4.78 is 0. The van der Waals surface area contributed by atoms with Crippen molar-refractivity contribution < 1.29 is 9.90 Å². The third-order valence-corrected chi connectivity index (χ3v) is 4.65. The van der Waals surface area contributed by atoms with E-state index in [4.69, 9.17) is 0 Å². The topological polar surface area (TPSA) is 61.4 Å². The Balaban J connectivity index is 1.77. The van der Waals surface area contributed by atoms with Crippen molar-refractivity contribution >= 4 is 5.91 Å². The Morgan fingerprint density at radius 1 is 1.28 bits per heavy atom. The quantitative estimate of drug-likeness (QED) is 0.698. The molecule has 1 saturated carbocycles. The van der Waals surface area contributed by atoms with Crippen LogP contribution in [0.4, 0.5) is 0 Å². The summed E-state index contributed by atoms with van der Waals surface area (Å²) in [5.41, 5.74) is 0. The molecule has 4 heteroatoms. The molecular weight excluding hydrogens is 228 g/mol. The van der Waals surface area contributed by atoms with Crippen LogP contribution >= 0.6 is 0 Å². The lowest BCUT2D eigenvalue weighted by atomic mass is 9.79. The van der Waals surface area contributed by atoms with Crippen LogP contribution in [0.3, 0.4) is 0 Å². The van der Waals surface area contributed by atoms with Crippen LogP contribution in [-0.2, 0) is 4.79 Å². The summed E-state index contributed by atoms with van der Waals surface area (Å²) in [7, 11) is 0. The van der Waals surface area contributed by atoms with E-state index < -0.39 is 0 Å². The van der Waals surface area contributed by atoms with E-state index in [9.17, 15) is 9.90 Å². The molecule has 2 aliphatic rings. The van der Waals surface area contributed by atoms with Crippen molar-refractivity contribution in [2.24, 2.45) is 17.8 Å². The van der Waals surface area contributed by atoms with Crippen molar-refractivity contribution in [3.63, 3.8) is 0 Å². The van der Waals surface area contributed by atoms with Gasteiger partial charge in [0.1, 0.15) is 0 Å². The lowest BCUT2D eigenvalue weighted by molar-refractivity contribution is -0.123. The van der Waals surface area contributed by atoms with Gasteiger partial charge in [0.2, 0.25) is 5.91 Å². The van der Waals surface area contributed by atoms with E-state index >= 15 is 0 Å². The van der Waals surface area contributed by atoms with Gasteiger partial charge >= 0.3 is 0 Å². The predicted molar refractivity (Wildman–Crippen MR) is 71.1 cm³/mol. The van der Waals surface area contributed by atoms with Gasteiger partial charge in [0.25, 0.3) is 0 Å². The SMILES string of the molecule is CC1CCNC1C(=O)NCC1CCCCC1CO. The lowest BCUT2D eigenvalue weighted by Gasteiger charge is -2.30. The second-order valence-electron chi connectivity index (χ2n) is 5.93. The third-order valence-electron chi connectivity index (χ3n) is 4.65. The Bertz CT molecular complexity index is 283. The summed E-state index contributed by atoms with van der Waals surface area (Å²) in [6.07, 6.45) is 5.78. The maximum atomic E-state index is 12.1. The highest BCUT2D eigenvalue weighted by molar-refractivity contribution is 5.82. The van der Waals surface area contributed by atoms with Gasteiger partial charge in [0.05, 0.1) is 6.04 Å². The van der Waals surface area contributed by atoms with Gasteiger partial charge in [-0.1, -0.05) is 19.8 Å². The van der Waals surface area contributed by atoms with Crippen molar-refractivity contribution in [2.45, 2.75) is 45.1 Å². The molecule has 2 fully saturated rings. The molecule has 4 nitrogen and oxygen atoms in total. The van der Waals surface area contributed by atoms with Crippen LogP contribution in [0, 0.1) is 17.8 Å². The van der Waals surface area contributed by atoms with Crippen LogP contribution in [0.25, 0.3) is 0 Å². The van der Waals surface area contributed by atoms with Crippen molar-refractivity contribution in [2.75, 3.05) is 19.7 Å². The van der Waals surface area contributed by atoms with Crippen LogP contribution in [0.2, 0.25) is 0 Å². The molecule has 0 spiro atoms. The largest absolute Gasteiger partial charge is 0.396 e. The minimum absolute atomic E-state index is 0.0128. The summed E-state index contributed by atoms with van der Waals surface area (Å²) >= 11 is 0. The van der Waals surface area contributed by atoms with Gasteiger partial charge in [0, 0.05) is 13.2 Å². The standard InChI is InChI=1S/C14H26N2O2/c1-10-6-7-15-13(10)14(18)16-8-11-4-2-3-5-12(11)9-17/h10-13,15,17H,2-9H2,1H3,(H,16,18). The Morgan fingerprint density at radius 3 is 2.61 bits per heavy atom. The van der Waals surface area contributed by atoms with Gasteiger partial charge in [-0.05, 0) is 43.6 Å². The number of nitrogens with one attached hydrogen (secondary N) is 2. The second-order valence-corrected chi connectivity index (χ2v) is 5.93. The van der Waals surface area contributed by atoms with Gasteiger partial charge < -0.3 is 15.7 Å². The first-order valence-electron chi connectivity index (χ1n) is 7.34. The van der Waals surface area contributed by atoms with Gasteiger partial charge in [-0.3, -0.25) is 4.79 Å². The lowest BCUT2D eigenvalue weighted by Crippen LogP contribution is -2.46. The fraction of sp³-hybridized carbons (Fsp3) is 0.929. The summed E-state index contributed by atoms with van der Waals surface area (Å²) in [6.45, 7) is 4.07. The molecule has 18 heavy (non-hydrogen) atoms. The van der Waals surface area contributed by atoms with Crippen LogP contribution in [0.5, 0.6) is 0 Å². The zero-order valence-corrected chi connectivity index (χ0v) is 11.3. The zero-order valence-electron chi connectivity index (χ0n) is 11.3. The number of aliphatic hydroxyl groups excluding tert-OH is 1. The maximum Gasteiger partial charge on any atom is 0.237 e. The third kappa shape index (κ3) is 3.23. The monoisotopic (exact) mass is 254 g/mol. The average molecular weight is 254 g/mol. The van der Waals surface area contributed by atoms with Crippen LogP contribution in [0.1, 0.15) is 39.0 Å². The summed E-state index contributed by atoms with van der Waals surface area (Å²) in [4.78, 5) is 12.1. The van der Waals surface area contributed by atoms with E-state index in [0.29, 0.717) is 17.8 Å². The molecule has 0 radical (unpaired) electrons. The first-order valence-corrected chi connectivity index (χ1v) is 7.34. The first-order chi connectivity index (χ1) is 8.72. The van der Waals surface area contributed by atoms with Crippen LogP contribution < -0.4 is 10.6 Å². The van der Waals surface area contributed by atoms with Crippen molar-refractivity contribution in [3.05, 3.63) is 0 Å². The molecule has 4 unspecified atom stereocenters. The molecular formula is C14H26N2O2. The summed E-state index contributed by atoms with van der Waals surface area (Å²) in [5, 5.41) is 15.7. The Labute approximate surface area is 110 Å². The minimum atomic E-state index is -0.0128. The number of carbonyl (C=O) groups is 1. The van der Waals surface area contributed by atoms with Crippen LogP contribution in [0.15, 0.2) is 0 Å². The molecule has 0 aromatic rings. The van der Waals surface area contributed by atoms with E-state index in [0.717, 1.165) is 32.4 Å². The summed E-state index contributed by atoms with van der Waals surface area (Å²) in [6, 6.07) is -0.0128. The number of hydrogen-bond acceptors (Lipinski definition) is 3. The molecule has 1 heterocycles. The number of aliphatic hydroxyl groups is 1. The molecule has 0 aromatic carbocycles. The predicted octanol–water partition coefficient (Wildman–Crippen LogP) is 0.899. The van der Waals surface area contributed by atoms with E-state index in [1.165, 1.54) is 12.8 Å². The normalized spacial score (nSPS) is 36.6. The second kappa shape index (κ2) is 6.53. The van der Waals surface area contributed by atoms with E-state index in [2.05, 4.69) is 17.6 Å². The van der Waals surface area contributed by atoms with Gasteiger partial charge in [-0.15, -0.1) is 0 Å². The first kappa shape index (κ1) is 13.8. The average Bonchev–Trinajstić information content (AvgIpc) is 2.82. The number of rotatable bonds is 4. The highest BCUT2D eigenvalue weighted by Gasteiger charge is 2.30. The highest BCUT2D eigenvalue weighted by atomic mass is 16.3.